The Kier molecular flexibility index (Phi) is 6.47. The quantitative estimate of drug-likeness (QED) is 0.744. The van der Waals surface area contributed by atoms with Crippen LogP contribution in [0.1, 0.15) is 24.0 Å². The lowest BCUT2D eigenvalue weighted by Crippen LogP contribution is -2.41. The van der Waals surface area contributed by atoms with Crippen molar-refractivity contribution in [3.05, 3.63) is 53.6 Å². The molecule has 150 valence electrons. The van der Waals surface area contributed by atoms with Crippen molar-refractivity contribution in [2.75, 3.05) is 24.7 Å². The van der Waals surface area contributed by atoms with E-state index in [0.717, 1.165) is 21.7 Å². The van der Waals surface area contributed by atoms with Crippen LogP contribution in [-0.2, 0) is 14.8 Å². The number of benzene rings is 2. The third kappa shape index (κ3) is 4.59. The number of amides is 1. The SMILES string of the molecule is CSc1ccc(S(=O)(=O)N2CCC(C(=O)Nc3ccc(C)cc3C)CC2)cc1. The second-order valence-electron chi connectivity index (χ2n) is 7.16. The van der Waals surface area contributed by atoms with Crippen LogP contribution in [0.4, 0.5) is 5.69 Å². The first-order chi connectivity index (χ1) is 13.3. The maximum atomic E-state index is 12.8. The predicted molar refractivity (Wildman–Crippen MR) is 114 cm³/mol. The zero-order valence-electron chi connectivity index (χ0n) is 16.4. The smallest absolute Gasteiger partial charge is 0.243 e. The topological polar surface area (TPSA) is 66.5 Å². The average Bonchev–Trinajstić information content (AvgIpc) is 2.70. The normalized spacial score (nSPS) is 16.1. The average molecular weight is 419 g/mol. The molecule has 0 saturated carbocycles. The summed E-state index contributed by atoms with van der Waals surface area (Å²) in [5, 5.41) is 3.00. The molecule has 1 fully saturated rings. The number of nitrogens with one attached hydrogen (secondary N) is 1. The molecule has 1 N–H and O–H groups in total. The van der Waals surface area contributed by atoms with Gasteiger partial charge in [0.15, 0.2) is 0 Å². The molecule has 0 unspecified atom stereocenters. The molecule has 1 heterocycles. The van der Waals surface area contributed by atoms with Gasteiger partial charge in [0.05, 0.1) is 4.90 Å². The van der Waals surface area contributed by atoms with Crippen molar-refractivity contribution >= 4 is 33.4 Å². The molecule has 0 aromatic heterocycles. The molecule has 0 atom stereocenters. The van der Waals surface area contributed by atoms with Gasteiger partial charge in [-0.2, -0.15) is 4.31 Å². The van der Waals surface area contributed by atoms with Crippen LogP contribution in [0.3, 0.4) is 0 Å². The van der Waals surface area contributed by atoms with Gasteiger partial charge in [0.2, 0.25) is 15.9 Å². The number of hydrogen-bond donors (Lipinski definition) is 1. The molecule has 1 amide bonds. The highest BCUT2D eigenvalue weighted by Crippen LogP contribution is 2.26. The predicted octanol–water partition coefficient (Wildman–Crippen LogP) is 4.06. The molecular formula is C21H26N2O3S2. The van der Waals surface area contributed by atoms with Gasteiger partial charge in [-0.25, -0.2) is 8.42 Å². The Morgan fingerprint density at radius 2 is 1.71 bits per heavy atom. The lowest BCUT2D eigenvalue weighted by atomic mass is 9.97. The van der Waals surface area contributed by atoms with Crippen LogP contribution in [0.25, 0.3) is 0 Å². The number of carbonyl (C=O) groups excluding carboxylic acids is 1. The summed E-state index contributed by atoms with van der Waals surface area (Å²) in [5.41, 5.74) is 3.00. The maximum absolute atomic E-state index is 12.8. The Morgan fingerprint density at radius 1 is 1.07 bits per heavy atom. The van der Waals surface area contributed by atoms with E-state index in [0.29, 0.717) is 30.8 Å². The van der Waals surface area contributed by atoms with Gasteiger partial charge in [0.1, 0.15) is 0 Å². The Bertz CT molecular complexity index is 948. The lowest BCUT2D eigenvalue weighted by Gasteiger charge is -2.30. The van der Waals surface area contributed by atoms with Crippen LogP contribution in [-0.4, -0.2) is 38.0 Å². The molecule has 0 aliphatic carbocycles. The van der Waals surface area contributed by atoms with Crippen LogP contribution in [0.15, 0.2) is 52.3 Å². The number of sulfonamides is 1. The second kappa shape index (κ2) is 8.68. The second-order valence-corrected chi connectivity index (χ2v) is 9.98. The lowest BCUT2D eigenvalue weighted by molar-refractivity contribution is -0.120. The summed E-state index contributed by atoms with van der Waals surface area (Å²) in [4.78, 5) is 14.0. The molecule has 3 rings (SSSR count). The van der Waals surface area contributed by atoms with E-state index in [1.165, 1.54) is 4.31 Å². The van der Waals surface area contributed by atoms with Crippen molar-refractivity contribution in [3.8, 4) is 0 Å². The summed E-state index contributed by atoms with van der Waals surface area (Å²) in [6.07, 6.45) is 3.01. The van der Waals surface area contributed by atoms with Crippen LogP contribution in [0.2, 0.25) is 0 Å². The molecule has 1 aliphatic rings. The molecule has 0 spiro atoms. The Hall–Kier alpha value is -1.83. The molecule has 28 heavy (non-hydrogen) atoms. The fourth-order valence-corrected chi connectivity index (χ4v) is 5.32. The molecule has 7 heteroatoms. The zero-order valence-corrected chi connectivity index (χ0v) is 18.1. The van der Waals surface area contributed by atoms with E-state index in [4.69, 9.17) is 0 Å². The standard InChI is InChI=1S/C21H26N2O3S2/c1-15-4-9-20(16(2)14-15)22-21(24)17-10-12-23(13-11-17)28(25,26)19-7-5-18(27-3)6-8-19/h4-9,14,17H,10-13H2,1-3H3,(H,22,24). The van der Waals surface area contributed by atoms with Crippen LogP contribution in [0.5, 0.6) is 0 Å². The van der Waals surface area contributed by atoms with E-state index >= 15 is 0 Å². The van der Waals surface area contributed by atoms with Gasteiger partial charge in [0.25, 0.3) is 0 Å². The molecular weight excluding hydrogens is 392 g/mol. The first-order valence-electron chi connectivity index (χ1n) is 9.33. The number of carbonyl (C=O) groups is 1. The summed E-state index contributed by atoms with van der Waals surface area (Å²) in [7, 11) is -3.51. The Morgan fingerprint density at radius 3 is 2.29 bits per heavy atom. The minimum Gasteiger partial charge on any atom is -0.326 e. The van der Waals surface area contributed by atoms with Gasteiger partial charge in [-0.15, -0.1) is 11.8 Å². The highest BCUT2D eigenvalue weighted by molar-refractivity contribution is 7.98. The van der Waals surface area contributed by atoms with E-state index < -0.39 is 10.0 Å². The van der Waals surface area contributed by atoms with Crippen molar-refractivity contribution in [1.29, 1.82) is 0 Å². The first kappa shape index (κ1) is 20.9. The molecule has 0 radical (unpaired) electrons. The maximum Gasteiger partial charge on any atom is 0.243 e. The minimum absolute atomic E-state index is 0.0340. The van der Waals surface area contributed by atoms with E-state index in [-0.39, 0.29) is 11.8 Å². The summed E-state index contributed by atoms with van der Waals surface area (Å²) in [5.74, 6) is -0.209. The van der Waals surface area contributed by atoms with Gasteiger partial charge < -0.3 is 5.32 Å². The van der Waals surface area contributed by atoms with Crippen molar-refractivity contribution in [1.82, 2.24) is 4.31 Å². The number of hydrogen-bond acceptors (Lipinski definition) is 4. The van der Waals surface area contributed by atoms with Gasteiger partial charge in [0, 0.05) is 29.6 Å². The summed E-state index contributed by atoms with van der Waals surface area (Å²) in [6.45, 7) is 4.71. The number of thioether (sulfide) groups is 1. The number of nitrogens with zero attached hydrogens (tertiary/aromatic N) is 1. The fraction of sp³-hybridized carbons (Fsp3) is 0.381. The summed E-state index contributed by atoms with van der Waals surface area (Å²) < 4.78 is 27.2. The number of anilines is 1. The van der Waals surface area contributed by atoms with E-state index in [2.05, 4.69) is 5.32 Å². The van der Waals surface area contributed by atoms with Gasteiger partial charge in [-0.05, 0) is 68.8 Å². The third-order valence-corrected chi connectivity index (χ3v) is 7.82. The van der Waals surface area contributed by atoms with E-state index in [1.54, 1.807) is 23.9 Å². The summed E-state index contributed by atoms with van der Waals surface area (Å²) >= 11 is 1.58. The highest BCUT2D eigenvalue weighted by Gasteiger charge is 2.32. The molecule has 5 nitrogen and oxygen atoms in total. The molecule has 2 aromatic rings. The monoisotopic (exact) mass is 418 g/mol. The molecule has 1 aliphatic heterocycles. The van der Waals surface area contributed by atoms with E-state index in [1.807, 2.05) is 50.4 Å². The number of rotatable bonds is 5. The van der Waals surface area contributed by atoms with Crippen LogP contribution >= 0.6 is 11.8 Å². The Labute approximate surface area is 171 Å². The van der Waals surface area contributed by atoms with Crippen molar-refractivity contribution in [2.45, 2.75) is 36.5 Å². The van der Waals surface area contributed by atoms with Gasteiger partial charge >= 0.3 is 0 Å². The van der Waals surface area contributed by atoms with Crippen LogP contribution < -0.4 is 5.32 Å². The molecule has 2 aromatic carbocycles. The zero-order chi connectivity index (χ0) is 20.3. The Balaban J connectivity index is 1.62. The van der Waals surface area contributed by atoms with Gasteiger partial charge in [-0.1, -0.05) is 17.7 Å². The molecule has 0 bridgehead atoms. The molecule has 1 saturated heterocycles. The fourth-order valence-electron chi connectivity index (χ4n) is 3.44. The minimum atomic E-state index is -3.51. The summed E-state index contributed by atoms with van der Waals surface area (Å²) in [6, 6.07) is 12.9. The van der Waals surface area contributed by atoms with E-state index in [9.17, 15) is 13.2 Å². The van der Waals surface area contributed by atoms with Gasteiger partial charge in [-0.3, -0.25) is 4.79 Å². The third-order valence-electron chi connectivity index (χ3n) is 5.16. The number of piperidine rings is 1. The van der Waals surface area contributed by atoms with Crippen LogP contribution in [0, 0.1) is 19.8 Å². The van der Waals surface area contributed by atoms with Crippen molar-refractivity contribution in [2.24, 2.45) is 5.92 Å². The van der Waals surface area contributed by atoms with Crippen molar-refractivity contribution in [3.63, 3.8) is 0 Å². The first-order valence-corrected chi connectivity index (χ1v) is 12.0. The highest BCUT2D eigenvalue weighted by atomic mass is 32.2. The largest absolute Gasteiger partial charge is 0.326 e. The number of aryl methyl sites for hydroxylation is 2. The van der Waals surface area contributed by atoms with Crippen molar-refractivity contribution < 1.29 is 13.2 Å².